The van der Waals surface area contributed by atoms with E-state index >= 15 is 0 Å². The molecule has 1 aliphatic rings. The molecule has 2 N–H and O–H groups in total. The molecule has 0 aliphatic carbocycles. The lowest BCUT2D eigenvalue weighted by atomic mass is 9.98. The molecule has 0 bridgehead atoms. The van der Waals surface area contributed by atoms with Crippen molar-refractivity contribution in [1.82, 2.24) is 4.90 Å². The molecule has 0 radical (unpaired) electrons. The van der Waals surface area contributed by atoms with E-state index in [0.717, 1.165) is 17.5 Å². The summed E-state index contributed by atoms with van der Waals surface area (Å²) in [6.07, 6.45) is 2.79. The SMILES string of the molecule is CC(C)c1ccc(C(=O)N2CC=C(c3ccc(O)cc3)CC2)c(O)c1. The van der Waals surface area contributed by atoms with Gasteiger partial charge in [-0.05, 0) is 53.3 Å². The Morgan fingerprint density at radius 2 is 1.80 bits per heavy atom. The Kier molecular flexibility index (Phi) is 4.79. The lowest BCUT2D eigenvalue weighted by molar-refractivity contribution is 0.0770. The third-order valence-electron chi connectivity index (χ3n) is 4.65. The van der Waals surface area contributed by atoms with Crippen molar-refractivity contribution < 1.29 is 15.0 Å². The summed E-state index contributed by atoms with van der Waals surface area (Å²) in [4.78, 5) is 14.4. The highest BCUT2D eigenvalue weighted by atomic mass is 16.3. The first-order valence-electron chi connectivity index (χ1n) is 8.56. The van der Waals surface area contributed by atoms with Crippen molar-refractivity contribution in [2.75, 3.05) is 13.1 Å². The first-order chi connectivity index (χ1) is 12.0. The lowest BCUT2D eigenvalue weighted by Gasteiger charge is -2.27. The Hall–Kier alpha value is -2.75. The van der Waals surface area contributed by atoms with Gasteiger partial charge in [0.15, 0.2) is 0 Å². The third-order valence-corrected chi connectivity index (χ3v) is 4.65. The minimum Gasteiger partial charge on any atom is -0.508 e. The van der Waals surface area contributed by atoms with Gasteiger partial charge in [-0.15, -0.1) is 0 Å². The second kappa shape index (κ2) is 7.01. The van der Waals surface area contributed by atoms with Crippen LogP contribution in [0.2, 0.25) is 0 Å². The molecule has 25 heavy (non-hydrogen) atoms. The highest BCUT2D eigenvalue weighted by molar-refractivity contribution is 5.97. The number of phenolic OH excluding ortho intramolecular Hbond substituents is 2. The first kappa shape index (κ1) is 17.1. The number of carbonyl (C=O) groups is 1. The van der Waals surface area contributed by atoms with Crippen LogP contribution in [0.1, 0.15) is 47.7 Å². The molecular weight excluding hydrogens is 314 g/mol. The van der Waals surface area contributed by atoms with Crippen LogP contribution in [0.4, 0.5) is 0 Å². The number of nitrogens with zero attached hydrogens (tertiary/aromatic N) is 1. The Balaban J connectivity index is 1.74. The quantitative estimate of drug-likeness (QED) is 0.884. The van der Waals surface area contributed by atoms with Crippen LogP contribution in [0.15, 0.2) is 48.5 Å². The average Bonchev–Trinajstić information content (AvgIpc) is 2.62. The zero-order valence-electron chi connectivity index (χ0n) is 14.6. The van der Waals surface area contributed by atoms with Gasteiger partial charge in [-0.1, -0.05) is 38.1 Å². The van der Waals surface area contributed by atoms with E-state index in [1.165, 1.54) is 5.57 Å². The van der Waals surface area contributed by atoms with Crippen molar-refractivity contribution in [1.29, 1.82) is 0 Å². The fraction of sp³-hybridized carbons (Fsp3) is 0.286. The molecular formula is C21H23NO3. The van der Waals surface area contributed by atoms with Crippen LogP contribution >= 0.6 is 0 Å². The third kappa shape index (κ3) is 3.68. The molecule has 2 aromatic carbocycles. The number of hydrogen-bond acceptors (Lipinski definition) is 3. The molecule has 0 atom stereocenters. The topological polar surface area (TPSA) is 60.8 Å². The second-order valence-corrected chi connectivity index (χ2v) is 6.71. The molecule has 4 heteroatoms. The van der Waals surface area contributed by atoms with Crippen molar-refractivity contribution in [2.24, 2.45) is 0 Å². The standard InChI is InChI=1S/C21H23NO3/c1-14(2)17-5-8-19(20(24)13-17)21(25)22-11-9-16(10-12-22)15-3-6-18(23)7-4-15/h3-9,13-14,23-24H,10-12H2,1-2H3. The maximum absolute atomic E-state index is 12.7. The van der Waals surface area contributed by atoms with E-state index in [1.54, 1.807) is 29.2 Å². The Bertz CT molecular complexity index is 806. The predicted molar refractivity (Wildman–Crippen MR) is 98.8 cm³/mol. The molecule has 0 aromatic heterocycles. The van der Waals surface area contributed by atoms with Gasteiger partial charge in [0.25, 0.3) is 5.91 Å². The van der Waals surface area contributed by atoms with E-state index in [-0.39, 0.29) is 17.4 Å². The average molecular weight is 337 g/mol. The van der Waals surface area contributed by atoms with Crippen molar-refractivity contribution >= 4 is 11.5 Å². The summed E-state index contributed by atoms with van der Waals surface area (Å²) in [5.41, 5.74) is 3.60. The molecule has 2 aromatic rings. The number of phenols is 2. The van der Waals surface area contributed by atoms with Crippen LogP contribution in [0.25, 0.3) is 5.57 Å². The summed E-state index contributed by atoms with van der Waals surface area (Å²) in [5, 5.41) is 19.6. The smallest absolute Gasteiger partial charge is 0.257 e. The van der Waals surface area contributed by atoms with E-state index in [9.17, 15) is 15.0 Å². The summed E-state index contributed by atoms with van der Waals surface area (Å²) in [7, 11) is 0. The van der Waals surface area contributed by atoms with Crippen molar-refractivity contribution in [3.05, 3.63) is 65.2 Å². The van der Waals surface area contributed by atoms with Crippen molar-refractivity contribution in [3.8, 4) is 11.5 Å². The summed E-state index contributed by atoms with van der Waals surface area (Å²) in [6.45, 7) is 5.23. The van der Waals surface area contributed by atoms with Crippen LogP contribution in [0, 0.1) is 0 Å². The van der Waals surface area contributed by atoms with E-state index < -0.39 is 0 Å². The van der Waals surface area contributed by atoms with Crippen LogP contribution in [0.5, 0.6) is 11.5 Å². The van der Waals surface area contributed by atoms with Gasteiger partial charge < -0.3 is 15.1 Å². The number of carbonyl (C=O) groups excluding carboxylic acids is 1. The van der Waals surface area contributed by atoms with Gasteiger partial charge in [0.1, 0.15) is 11.5 Å². The monoisotopic (exact) mass is 337 g/mol. The maximum atomic E-state index is 12.7. The minimum atomic E-state index is -0.145. The summed E-state index contributed by atoms with van der Waals surface area (Å²) in [5.74, 6) is 0.455. The van der Waals surface area contributed by atoms with Crippen LogP contribution in [-0.2, 0) is 0 Å². The molecule has 0 unspecified atom stereocenters. The van der Waals surface area contributed by atoms with E-state index in [1.807, 2.05) is 24.3 Å². The number of hydrogen-bond donors (Lipinski definition) is 2. The zero-order chi connectivity index (χ0) is 18.0. The molecule has 130 valence electrons. The minimum absolute atomic E-state index is 0.0458. The Labute approximate surface area is 148 Å². The highest BCUT2D eigenvalue weighted by Crippen LogP contribution is 2.28. The number of benzene rings is 2. The van der Waals surface area contributed by atoms with Gasteiger partial charge in [0.2, 0.25) is 0 Å². The molecule has 1 amide bonds. The van der Waals surface area contributed by atoms with E-state index in [4.69, 9.17) is 0 Å². The van der Waals surface area contributed by atoms with Crippen LogP contribution < -0.4 is 0 Å². The highest BCUT2D eigenvalue weighted by Gasteiger charge is 2.22. The Morgan fingerprint density at radius 1 is 1.08 bits per heavy atom. The number of amides is 1. The molecule has 1 aliphatic heterocycles. The maximum Gasteiger partial charge on any atom is 0.257 e. The number of rotatable bonds is 3. The normalized spacial score (nSPS) is 14.5. The van der Waals surface area contributed by atoms with Crippen molar-refractivity contribution in [3.63, 3.8) is 0 Å². The molecule has 0 saturated heterocycles. The zero-order valence-corrected chi connectivity index (χ0v) is 14.6. The largest absolute Gasteiger partial charge is 0.508 e. The molecule has 0 fully saturated rings. The van der Waals surface area contributed by atoms with Gasteiger partial charge in [-0.2, -0.15) is 0 Å². The van der Waals surface area contributed by atoms with Crippen molar-refractivity contribution in [2.45, 2.75) is 26.2 Å². The molecule has 0 saturated carbocycles. The van der Waals surface area contributed by atoms with Gasteiger partial charge in [-0.3, -0.25) is 4.79 Å². The molecule has 3 rings (SSSR count). The van der Waals surface area contributed by atoms with E-state index in [0.29, 0.717) is 24.6 Å². The molecule has 1 heterocycles. The second-order valence-electron chi connectivity index (χ2n) is 6.71. The summed E-state index contributed by atoms with van der Waals surface area (Å²) >= 11 is 0. The number of aromatic hydroxyl groups is 2. The van der Waals surface area contributed by atoms with E-state index in [2.05, 4.69) is 13.8 Å². The van der Waals surface area contributed by atoms with Gasteiger partial charge in [0, 0.05) is 13.1 Å². The lowest BCUT2D eigenvalue weighted by Crippen LogP contribution is -2.34. The summed E-state index contributed by atoms with van der Waals surface area (Å²) in [6, 6.07) is 12.4. The fourth-order valence-corrected chi connectivity index (χ4v) is 3.05. The van der Waals surface area contributed by atoms with Crippen LogP contribution in [-0.4, -0.2) is 34.1 Å². The molecule has 4 nitrogen and oxygen atoms in total. The predicted octanol–water partition coefficient (Wildman–Crippen LogP) is 4.15. The Morgan fingerprint density at radius 3 is 2.36 bits per heavy atom. The van der Waals surface area contributed by atoms with Crippen LogP contribution in [0.3, 0.4) is 0 Å². The van der Waals surface area contributed by atoms with Gasteiger partial charge >= 0.3 is 0 Å². The van der Waals surface area contributed by atoms with Gasteiger partial charge in [0.05, 0.1) is 5.56 Å². The van der Waals surface area contributed by atoms with Gasteiger partial charge in [-0.25, -0.2) is 0 Å². The first-order valence-corrected chi connectivity index (χ1v) is 8.56. The summed E-state index contributed by atoms with van der Waals surface area (Å²) < 4.78 is 0. The molecule has 0 spiro atoms. The fourth-order valence-electron chi connectivity index (χ4n) is 3.05.